The molecule has 1 aliphatic heterocycles. The number of nitrogens with zero attached hydrogens (tertiary/aromatic N) is 2. The van der Waals surface area contributed by atoms with Crippen molar-refractivity contribution in [1.29, 1.82) is 0 Å². The van der Waals surface area contributed by atoms with E-state index in [-0.39, 0.29) is 25.3 Å². The minimum absolute atomic E-state index is 0.0110. The molecule has 0 unspecified atom stereocenters. The second kappa shape index (κ2) is 10.3. The Hall–Kier alpha value is -1.74. The second-order valence-electron chi connectivity index (χ2n) is 8.92. The first-order chi connectivity index (χ1) is 16.5. The molecular weight excluding hydrogens is 623 g/mol. The van der Waals surface area contributed by atoms with Gasteiger partial charge in [0.2, 0.25) is 0 Å². The lowest BCUT2D eigenvalue weighted by Gasteiger charge is -2.30. The summed E-state index contributed by atoms with van der Waals surface area (Å²) in [6.07, 6.45) is 0.892. The smallest absolute Gasteiger partial charge is 0.273 e. The molecule has 0 bridgehead atoms. The summed E-state index contributed by atoms with van der Waals surface area (Å²) in [5.41, 5.74) is 2.44. The van der Waals surface area contributed by atoms with Crippen molar-refractivity contribution < 1.29 is 19.2 Å². The van der Waals surface area contributed by atoms with Crippen LogP contribution in [0.5, 0.6) is 0 Å². The molecule has 3 amide bonds. The number of fused-ring (bicyclic) bond motifs is 1. The van der Waals surface area contributed by atoms with Crippen LogP contribution in [0.3, 0.4) is 0 Å². The molecule has 4 atom stereocenters. The van der Waals surface area contributed by atoms with Crippen LogP contribution in [0.1, 0.15) is 44.7 Å². The Bertz CT molecular complexity index is 1210. The molecule has 1 heterocycles. The van der Waals surface area contributed by atoms with Gasteiger partial charge in [0.25, 0.3) is 17.7 Å². The van der Waals surface area contributed by atoms with Gasteiger partial charge in [0.05, 0.1) is 21.9 Å². The van der Waals surface area contributed by atoms with Crippen molar-refractivity contribution >= 4 is 78.6 Å². The quantitative estimate of drug-likeness (QED) is 0.235. The number of carbonyl (C=O) groups is 4. The highest BCUT2D eigenvalue weighted by atomic mass is 79.9. The van der Waals surface area contributed by atoms with Crippen molar-refractivity contribution in [3.8, 4) is 0 Å². The molecule has 184 valence electrons. The summed E-state index contributed by atoms with van der Waals surface area (Å²) in [4.78, 5) is 53.8. The van der Waals surface area contributed by atoms with Crippen molar-refractivity contribution in [2.75, 3.05) is 6.54 Å². The summed E-state index contributed by atoms with van der Waals surface area (Å²) in [7, 11) is 0. The van der Waals surface area contributed by atoms with E-state index in [0.29, 0.717) is 18.4 Å². The van der Waals surface area contributed by atoms with E-state index >= 15 is 0 Å². The molecule has 2 fully saturated rings. The van der Waals surface area contributed by atoms with Crippen molar-refractivity contribution in [1.82, 2.24) is 10.0 Å². The first-order valence-electron chi connectivity index (χ1n) is 11.0. The van der Waals surface area contributed by atoms with Gasteiger partial charge in [-0.3, -0.25) is 19.2 Å². The van der Waals surface area contributed by atoms with Gasteiger partial charge < -0.3 is 0 Å². The molecule has 0 spiro atoms. The van der Waals surface area contributed by atoms with Gasteiger partial charge in [0, 0.05) is 20.8 Å². The molecule has 0 N–H and O–H groups in total. The molecule has 0 radical (unpaired) electrons. The summed E-state index contributed by atoms with van der Waals surface area (Å²) in [5.74, 6) is -3.18. The molecule has 10 heteroatoms. The lowest BCUT2D eigenvalue weighted by Crippen LogP contribution is -2.52. The van der Waals surface area contributed by atoms with E-state index in [0.717, 1.165) is 21.1 Å². The number of hydrogen-bond donors (Lipinski definition) is 0. The third-order valence-electron chi connectivity index (χ3n) is 6.65. The third kappa shape index (κ3) is 5.08. The predicted octanol–water partition coefficient (Wildman–Crippen LogP) is 5.77. The van der Waals surface area contributed by atoms with Crippen molar-refractivity contribution in [2.24, 2.45) is 11.8 Å². The number of ketones is 1. The summed E-state index contributed by atoms with van der Waals surface area (Å²) in [5, 5.41) is 2.22. The Kier molecular flexibility index (Phi) is 7.77. The number of imide groups is 1. The van der Waals surface area contributed by atoms with E-state index < -0.39 is 41.9 Å². The van der Waals surface area contributed by atoms with Crippen molar-refractivity contribution in [2.45, 2.75) is 36.3 Å². The Morgan fingerprint density at radius 2 is 1.46 bits per heavy atom. The van der Waals surface area contributed by atoms with E-state index in [1.54, 1.807) is 12.1 Å². The standard InChI is InChI=1S/C25H22Br2Cl2N2O4/c1-12-3-4-14(7-13(12)2)22(32)11-30(23(33)15-5-6-20(28)21(29)8-15)31-24(34)16-9-18(26)19(27)10-17(16)25(31)35/h3-8,16-19H,9-11H2,1-2H3/t16-,17-,18+,19+/m1/s1. The number of Topliss-reactive ketones (excluding diaryl/α,β-unsaturated/α-hetero) is 1. The normalized spacial score (nSPS) is 23.9. The monoisotopic (exact) mass is 642 g/mol. The number of hydrogen-bond acceptors (Lipinski definition) is 4. The Morgan fingerprint density at radius 1 is 0.886 bits per heavy atom. The van der Waals surface area contributed by atoms with Crippen LogP contribution in [-0.4, -0.2) is 49.7 Å². The number of hydrazine groups is 1. The van der Waals surface area contributed by atoms with Crippen LogP contribution in [0.2, 0.25) is 10.0 Å². The van der Waals surface area contributed by atoms with Crippen LogP contribution in [0, 0.1) is 25.7 Å². The fourth-order valence-corrected chi connectivity index (χ4v) is 6.00. The van der Waals surface area contributed by atoms with Gasteiger partial charge in [-0.2, -0.15) is 5.01 Å². The first kappa shape index (κ1) is 26.3. The predicted molar refractivity (Wildman–Crippen MR) is 141 cm³/mol. The van der Waals surface area contributed by atoms with E-state index in [1.807, 2.05) is 19.9 Å². The highest BCUT2D eigenvalue weighted by Crippen LogP contribution is 2.43. The highest BCUT2D eigenvalue weighted by Gasteiger charge is 2.54. The molecule has 1 saturated heterocycles. The summed E-state index contributed by atoms with van der Waals surface area (Å²) >= 11 is 19.3. The number of amides is 3. The number of halogens is 4. The van der Waals surface area contributed by atoms with Crippen LogP contribution in [0.4, 0.5) is 0 Å². The number of rotatable bonds is 5. The zero-order valence-electron chi connectivity index (χ0n) is 18.9. The maximum atomic E-state index is 13.6. The van der Waals surface area contributed by atoms with Gasteiger partial charge in [-0.05, 0) is 62.1 Å². The largest absolute Gasteiger partial charge is 0.292 e. The molecule has 0 aromatic heterocycles. The van der Waals surface area contributed by atoms with Crippen molar-refractivity contribution in [3.63, 3.8) is 0 Å². The van der Waals surface area contributed by atoms with Crippen LogP contribution < -0.4 is 0 Å². The number of carbonyl (C=O) groups excluding carboxylic acids is 4. The topological polar surface area (TPSA) is 74.8 Å². The average molecular weight is 645 g/mol. The van der Waals surface area contributed by atoms with Crippen LogP contribution in [0.15, 0.2) is 36.4 Å². The van der Waals surface area contributed by atoms with E-state index in [2.05, 4.69) is 31.9 Å². The highest BCUT2D eigenvalue weighted by molar-refractivity contribution is 9.12. The van der Waals surface area contributed by atoms with Gasteiger partial charge in [-0.25, -0.2) is 5.01 Å². The minimum atomic E-state index is -0.688. The van der Waals surface area contributed by atoms with E-state index in [1.165, 1.54) is 18.2 Å². The molecule has 6 nitrogen and oxygen atoms in total. The maximum Gasteiger partial charge on any atom is 0.273 e. The average Bonchev–Trinajstić information content (AvgIpc) is 3.04. The number of benzene rings is 2. The van der Waals surface area contributed by atoms with Gasteiger partial charge in [0.1, 0.15) is 6.54 Å². The number of aryl methyl sites for hydroxylation is 2. The molecule has 2 aromatic rings. The van der Waals surface area contributed by atoms with Crippen LogP contribution in [-0.2, 0) is 9.59 Å². The Labute approximate surface area is 230 Å². The second-order valence-corrected chi connectivity index (χ2v) is 12.1. The van der Waals surface area contributed by atoms with Crippen LogP contribution in [0.25, 0.3) is 0 Å². The third-order valence-corrected chi connectivity index (χ3v) is 10.1. The zero-order chi connectivity index (χ0) is 25.6. The molecule has 2 aliphatic rings. The van der Waals surface area contributed by atoms with E-state index in [9.17, 15) is 19.2 Å². The summed E-state index contributed by atoms with van der Waals surface area (Å²) < 4.78 is 0. The first-order valence-corrected chi connectivity index (χ1v) is 13.6. The fraction of sp³-hybridized carbons (Fsp3) is 0.360. The fourth-order valence-electron chi connectivity index (χ4n) is 4.47. The van der Waals surface area contributed by atoms with E-state index in [4.69, 9.17) is 23.2 Å². The molecule has 35 heavy (non-hydrogen) atoms. The Balaban J connectivity index is 1.72. The van der Waals surface area contributed by atoms with Gasteiger partial charge in [0.15, 0.2) is 5.78 Å². The summed E-state index contributed by atoms with van der Waals surface area (Å²) in [6.45, 7) is 3.34. The molecular formula is C25H22Br2Cl2N2O4. The van der Waals surface area contributed by atoms with Gasteiger partial charge in [-0.15, -0.1) is 0 Å². The molecule has 1 aliphatic carbocycles. The minimum Gasteiger partial charge on any atom is -0.292 e. The van der Waals surface area contributed by atoms with Gasteiger partial charge in [-0.1, -0.05) is 67.2 Å². The molecule has 2 aromatic carbocycles. The van der Waals surface area contributed by atoms with Crippen LogP contribution >= 0.6 is 55.1 Å². The summed E-state index contributed by atoms with van der Waals surface area (Å²) in [6, 6.07) is 9.49. The lowest BCUT2D eigenvalue weighted by atomic mass is 9.81. The molecule has 1 saturated carbocycles. The lowest BCUT2D eigenvalue weighted by molar-refractivity contribution is -0.154. The number of alkyl halides is 2. The SMILES string of the molecule is Cc1ccc(C(=O)CN(C(=O)c2ccc(Cl)c(Cl)c2)N2C(=O)[C@@H]3C[C@H](Br)[C@@H](Br)C[C@H]3C2=O)cc1C. The Morgan fingerprint density at radius 3 is 2.00 bits per heavy atom. The van der Waals surface area contributed by atoms with Gasteiger partial charge >= 0.3 is 0 Å². The zero-order valence-corrected chi connectivity index (χ0v) is 23.6. The van der Waals surface area contributed by atoms with Crippen molar-refractivity contribution in [3.05, 3.63) is 68.7 Å². The maximum absolute atomic E-state index is 13.6. The molecule has 4 rings (SSSR count).